The van der Waals surface area contributed by atoms with E-state index in [0.29, 0.717) is 19.5 Å². The first kappa shape index (κ1) is 17.5. The summed E-state index contributed by atoms with van der Waals surface area (Å²) in [5.74, 6) is 0.968. The summed E-state index contributed by atoms with van der Waals surface area (Å²) in [6, 6.07) is 13.9. The van der Waals surface area contributed by atoms with Gasteiger partial charge in [-0.2, -0.15) is 0 Å². The summed E-state index contributed by atoms with van der Waals surface area (Å²) in [7, 11) is 0. The molecule has 4 rings (SSSR count). The molecular weight excluding hydrogens is 338 g/mol. The molecule has 0 radical (unpaired) electrons. The Labute approximate surface area is 158 Å². The third-order valence-electron chi connectivity index (χ3n) is 5.10. The van der Waals surface area contributed by atoms with Gasteiger partial charge >= 0.3 is 0 Å². The number of nitrogens with zero attached hydrogens (tertiary/aromatic N) is 2. The summed E-state index contributed by atoms with van der Waals surface area (Å²) in [5.41, 5.74) is 9.96. The van der Waals surface area contributed by atoms with E-state index in [2.05, 4.69) is 17.1 Å². The lowest BCUT2D eigenvalue weighted by atomic mass is 9.87. The van der Waals surface area contributed by atoms with Crippen LogP contribution in [0, 0.1) is 0 Å². The lowest BCUT2D eigenvalue weighted by Gasteiger charge is -2.25. The Morgan fingerprint density at radius 1 is 1.15 bits per heavy atom. The van der Waals surface area contributed by atoms with Gasteiger partial charge in [0.25, 0.3) is 0 Å². The predicted molar refractivity (Wildman–Crippen MR) is 104 cm³/mol. The molecule has 27 heavy (non-hydrogen) atoms. The second-order valence-corrected chi connectivity index (χ2v) is 6.83. The molecule has 0 amide bonds. The van der Waals surface area contributed by atoms with Crippen LogP contribution in [-0.4, -0.2) is 15.3 Å². The standard InChI is InChI=1S/C22H23N3O2/c23-13-19-17-7-4-8-20(26)18(17)9-10-21(19)27-22(14-25-12-11-24-15-25)16-5-2-1-3-6-16/h1-3,5-6,9-12,15,22H,4,7-8,13-14,23H2/t22-/m1/s1. The molecule has 0 spiro atoms. The van der Waals surface area contributed by atoms with Crippen LogP contribution in [0.3, 0.4) is 0 Å². The van der Waals surface area contributed by atoms with E-state index in [0.717, 1.165) is 40.8 Å². The molecule has 0 saturated carbocycles. The summed E-state index contributed by atoms with van der Waals surface area (Å²) in [6.07, 6.45) is 7.66. The van der Waals surface area contributed by atoms with Crippen molar-refractivity contribution < 1.29 is 9.53 Å². The fraction of sp³-hybridized carbons (Fsp3) is 0.273. The first-order valence-electron chi connectivity index (χ1n) is 9.31. The average molecular weight is 361 g/mol. The van der Waals surface area contributed by atoms with Crippen LogP contribution >= 0.6 is 0 Å². The summed E-state index contributed by atoms with van der Waals surface area (Å²) >= 11 is 0. The highest BCUT2D eigenvalue weighted by molar-refractivity contribution is 5.99. The van der Waals surface area contributed by atoms with Crippen LogP contribution in [0.5, 0.6) is 5.75 Å². The average Bonchev–Trinajstić information content (AvgIpc) is 3.21. The Morgan fingerprint density at radius 3 is 2.74 bits per heavy atom. The van der Waals surface area contributed by atoms with Gasteiger partial charge in [0.2, 0.25) is 0 Å². The minimum atomic E-state index is -0.178. The lowest BCUT2D eigenvalue weighted by molar-refractivity contribution is 0.0972. The number of carbonyl (C=O) groups is 1. The zero-order valence-corrected chi connectivity index (χ0v) is 15.2. The van der Waals surface area contributed by atoms with E-state index in [-0.39, 0.29) is 11.9 Å². The molecule has 0 bridgehead atoms. The topological polar surface area (TPSA) is 70.1 Å². The van der Waals surface area contributed by atoms with Crippen LogP contribution in [0.4, 0.5) is 0 Å². The van der Waals surface area contributed by atoms with Crippen LogP contribution in [0.25, 0.3) is 0 Å². The minimum Gasteiger partial charge on any atom is -0.484 e. The third-order valence-corrected chi connectivity index (χ3v) is 5.10. The fourth-order valence-electron chi connectivity index (χ4n) is 3.73. The molecule has 5 heteroatoms. The predicted octanol–water partition coefficient (Wildman–Crippen LogP) is 3.68. The molecule has 5 nitrogen and oxygen atoms in total. The second-order valence-electron chi connectivity index (χ2n) is 6.83. The number of carbonyl (C=O) groups excluding carboxylic acids is 1. The van der Waals surface area contributed by atoms with Crippen LogP contribution in [0.15, 0.2) is 61.2 Å². The normalized spacial score (nSPS) is 14.6. The van der Waals surface area contributed by atoms with Gasteiger partial charge in [-0.05, 0) is 36.1 Å². The molecule has 0 fully saturated rings. The Kier molecular flexibility index (Phi) is 5.03. The maximum absolute atomic E-state index is 12.2. The van der Waals surface area contributed by atoms with Crippen molar-refractivity contribution in [1.29, 1.82) is 0 Å². The van der Waals surface area contributed by atoms with Crippen LogP contribution < -0.4 is 10.5 Å². The van der Waals surface area contributed by atoms with Crippen molar-refractivity contribution >= 4 is 5.78 Å². The lowest BCUT2D eigenvalue weighted by Crippen LogP contribution is -2.19. The number of nitrogens with two attached hydrogens (primary N) is 1. The first-order chi connectivity index (χ1) is 13.3. The number of Topliss-reactive ketones (excluding diaryl/α,β-unsaturated/α-hetero) is 1. The number of ketones is 1. The number of ether oxygens (including phenoxy) is 1. The summed E-state index contributed by atoms with van der Waals surface area (Å²) in [6.45, 7) is 1.00. The molecule has 138 valence electrons. The number of hydrogen-bond donors (Lipinski definition) is 1. The van der Waals surface area contributed by atoms with Crippen molar-refractivity contribution in [2.45, 2.75) is 38.5 Å². The monoisotopic (exact) mass is 361 g/mol. The van der Waals surface area contributed by atoms with Gasteiger partial charge < -0.3 is 15.0 Å². The van der Waals surface area contributed by atoms with E-state index in [1.165, 1.54) is 0 Å². The number of aromatic nitrogens is 2. The van der Waals surface area contributed by atoms with Crippen molar-refractivity contribution in [2.24, 2.45) is 5.73 Å². The highest BCUT2D eigenvalue weighted by atomic mass is 16.5. The van der Waals surface area contributed by atoms with E-state index in [4.69, 9.17) is 10.5 Å². The summed E-state index contributed by atoms with van der Waals surface area (Å²) in [5, 5.41) is 0. The smallest absolute Gasteiger partial charge is 0.163 e. The fourth-order valence-corrected chi connectivity index (χ4v) is 3.73. The molecule has 1 aliphatic carbocycles. The Morgan fingerprint density at radius 2 is 2.00 bits per heavy atom. The first-order valence-corrected chi connectivity index (χ1v) is 9.31. The quantitative estimate of drug-likeness (QED) is 0.727. The molecule has 0 saturated heterocycles. The van der Waals surface area contributed by atoms with E-state index in [9.17, 15) is 4.79 Å². The highest BCUT2D eigenvalue weighted by Gasteiger charge is 2.23. The summed E-state index contributed by atoms with van der Waals surface area (Å²) < 4.78 is 8.46. The number of rotatable bonds is 6. The second kappa shape index (κ2) is 7.76. The van der Waals surface area contributed by atoms with E-state index >= 15 is 0 Å². The van der Waals surface area contributed by atoms with Crippen molar-refractivity contribution in [3.63, 3.8) is 0 Å². The molecule has 3 aromatic rings. The van der Waals surface area contributed by atoms with Crippen LogP contribution in [0.2, 0.25) is 0 Å². The van der Waals surface area contributed by atoms with Crippen molar-refractivity contribution in [2.75, 3.05) is 0 Å². The van der Waals surface area contributed by atoms with Gasteiger partial charge in [-0.15, -0.1) is 0 Å². The minimum absolute atomic E-state index is 0.178. The number of hydrogen-bond acceptors (Lipinski definition) is 4. The van der Waals surface area contributed by atoms with Gasteiger partial charge in [-0.3, -0.25) is 4.79 Å². The largest absolute Gasteiger partial charge is 0.484 e. The molecule has 2 aromatic carbocycles. The van der Waals surface area contributed by atoms with E-state index in [1.54, 1.807) is 12.5 Å². The molecule has 1 atom stereocenters. The van der Waals surface area contributed by atoms with Gasteiger partial charge in [0.1, 0.15) is 11.9 Å². The number of benzene rings is 2. The van der Waals surface area contributed by atoms with Gasteiger partial charge in [0.05, 0.1) is 12.9 Å². The molecule has 0 aliphatic heterocycles. The number of imidazole rings is 1. The molecule has 2 N–H and O–H groups in total. The summed E-state index contributed by atoms with van der Waals surface area (Å²) in [4.78, 5) is 16.4. The SMILES string of the molecule is NCc1c(O[C@H](Cn2ccnc2)c2ccccc2)ccc2c1CCCC2=O. The molecule has 1 aliphatic rings. The molecule has 1 heterocycles. The van der Waals surface area contributed by atoms with Crippen molar-refractivity contribution in [3.8, 4) is 5.75 Å². The Balaban J connectivity index is 1.69. The van der Waals surface area contributed by atoms with Gasteiger partial charge in [0, 0.05) is 36.5 Å². The zero-order valence-electron chi connectivity index (χ0n) is 15.2. The molecule has 1 aromatic heterocycles. The molecule has 0 unspecified atom stereocenters. The van der Waals surface area contributed by atoms with Crippen LogP contribution in [0.1, 0.15) is 46.0 Å². The maximum Gasteiger partial charge on any atom is 0.163 e. The molecular formula is C22H23N3O2. The Hall–Kier alpha value is -2.92. The zero-order chi connectivity index (χ0) is 18.6. The number of fused-ring (bicyclic) bond motifs is 1. The van der Waals surface area contributed by atoms with Gasteiger partial charge in [-0.25, -0.2) is 4.98 Å². The van der Waals surface area contributed by atoms with Crippen LogP contribution in [-0.2, 0) is 19.5 Å². The third kappa shape index (κ3) is 3.64. The van der Waals surface area contributed by atoms with Gasteiger partial charge in [0.15, 0.2) is 5.78 Å². The van der Waals surface area contributed by atoms with E-state index < -0.39 is 0 Å². The van der Waals surface area contributed by atoms with E-state index in [1.807, 2.05) is 41.1 Å². The van der Waals surface area contributed by atoms with Crippen molar-refractivity contribution in [1.82, 2.24) is 9.55 Å². The van der Waals surface area contributed by atoms with Gasteiger partial charge in [-0.1, -0.05) is 30.3 Å². The highest BCUT2D eigenvalue weighted by Crippen LogP contribution is 2.34. The van der Waals surface area contributed by atoms with Crippen molar-refractivity contribution in [3.05, 3.63) is 83.4 Å². The Bertz CT molecular complexity index is 920. The maximum atomic E-state index is 12.2.